The molecule has 1 fully saturated rings. The van der Waals surface area contributed by atoms with Gasteiger partial charge in [-0.1, -0.05) is 19.8 Å². The Morgan fingerprint density at radius 1 is 1.28 bits per heavy atom. The monoisotopic (exact) mass is 337 g/mol. The highest BCUT2D eigenvalue weighted by atomic mass is 15.1. The fourth-order valence-electron chi connectivity index (χ4n) is 4.70. The average Bonchev–Trinajstić information content (AvgIpc) is 2.96. The van der Waals surface area contributed by atoms with Crippen molar-refractivity contribution in [2.75, 3.05) is 14.1 Å². The van der Waals surface area contributed by atoms with Gasteiger partial charge in [0, 0.05) is 22.1 Å². The molecular weight excluding hydrogens is 306 g/mol. The first kappa shape index (κ1) is 18.0. The maximum Gasteiger partial charge on any atom is 0.0991 e. The lowest BCUT2D eigenvalue weighted by molar-refractivity contribution is 0.0802. The van der Waals surface area contributed by atoms with Crippen molar-refractivity contribution in [3.63, 3.8) is 0 Å². The van der Waals surface area contributed by atoms with E-state index in [1.54, 1.807) is 0 Å². The number of H-pyrrole nitrogens is 1. The topological polar surface area (TPSA) is 42.8 Å². The Labute approximate surface area is 152 Å². The van der Waals surface area contributed by atoms with Crippen molar-refractivity contribution in [3.05, 3.63) is 35.0 Å². The molecule has 0 saturated heterocycles. The third-order valence-electron chi connectivity index (χ3n) is 6.49. The van der Waals surface area contributed by atoms with E-state index in [1.165, 1.54) is 67.1 Å². The normalized spacial score (nSPS) is 23.9. The van der Waals surface area contributed by atoms with Gasteiger partial charge in [-0.25, -0.2) is 0 Å². The summed E-state index contributed by atoms with van der Waals surface area (Å²) in [6.45, 7) is 4.50. The largest absolute Gasteiger partial charge is 0.358 e. The number of nitriles is 1. The summed E-state index contributed by atoms with van der Waals surface area (Å²) in [5, 5.41) is 10.4. The van der Waals surface area contributed by atoms with Gasteiger partial charge >= 0.3 is 0 Å². The van der Waals surface area contributed by atoms with Crippen molar-refractivity contribution in [2.24, 2.45) is 0 Å². The van der Waals surface area contributed by atoms with Crippen molar-refractivity contribution in [1.29, 1.82) is 5.26 Å². The molecule has 1 heterocycles. The Kier molecular flexibility index (Phi) is 5.20. The van der Waals surface area contributed by atoms with E-state index in [0.717, 1.165) is 5.56 Å². The van der Waals surface area contributed by atoms with E-state index in [9.17, 15) is 0 Å². The lowest BCUT2D eigenvalue weighted by Gasteiger charge is -2.45. The van der Waals surface area contributed by atoms with E-state index in [4.69, 9.17) is 5.26 Å². The number of nitrogens with one attached hydrogen (secondary N) is 1. The van der Waals surface area contributed by atoms with E-state index in [2.05, 4.69) is 50.0 Å². The second kappa shape index (κ2) is 7.22. The van der Waals surface area contributed by atoms with Crippen molar-refractivity contribution < 1.29 is 0 Å². The second-order valence-corrected chi connectivity index (χ2v) is 8.03. The second-order valence-electron chi connectivity index (χ2n) is 8.03. The molecule has 1 saturated carbocycles. The van der Waals surface area contributed by atoms with E-state index in [-0.39, 0.29) is 0 Å². The van der Waals surface area contributed by atoms with E-state index < -0.39 is 0 Å². The molecule has 1 aliphatic carbocycles. The molecule has 25 heavy (non-hydrogen) atoms. The summed E-state index contributed by atoms with van der Waals surface area (Å²) in [6.07, 6.45) is 8.99. The molecule has 0 amide bonds. The molecule has 0 atom stereocenters. The van der Waals surface area contributed by atoms with E-state index >= 15 is 0 Å². The van der Waals surface area contributed by atoms with Crippen LogP contribution in [0.15, 0.2) is 18.2 Å². The van der Waals surface area contributed by atoms with Crippen molar-refractivity contribution in [3.8, 4) is 6.07 Å². The minimum Gasteiger partial charge on any atom is -0.358 e. The third-order valence-corrected chi connectivity index (χ3v) is 6.49. The van der Waals surface area contributed by atoms with E-state index in [0.29, 0.717) is 11.5 Å². The maximum atomic E-state index is 9.16. The van der Waals surface area contributed by atoms with Crippen molar-refractivity contribution in [2.45, 2.75) is 70.3 Å². The van der Waals surface area contributed by atoms with Crippen molar-refractivity contribution in [1.82, 2.24) is 9.88 Å². The highest BCUT2D eigenvalue weighted by Gasteiger charge is 2.37. The molecule has 2 aromatic rings. The number of hydrogen-bond acceptors (Lipinski definition) is 2. The molecule has 0 aliphatic heterocycles. The summed E-state index contributed by atoms with van der Waals surface area (Å²) >= 11 is 0. The predicted molar refractivity (Wildman–Crippen MR) is 105 cm³/mol. The first-order chi connectivity index (χ1) is 12.0. The van der Waals surface area contributed by atoms with Crippen LogP contribution in [-0.4, -0.2) is 29.5 Å². The summed E-state index contributed by atoms with van der Waals surface area (Å²) < 4.78 is 0. The first-order valence-electron chi connectivity index (χ1n) is 9.70. The summed E-state index contributed by atoms with van der Waals surface area (Å²) in [5.74, 6) is 0.618. The number of hydrogen-bond donors (Lipinski definition) is 1. The number of benzene rings is 1. The van der Waals surface area contributed by atoms with Crippen LogP contribution >= 0.6 is 0 Å². The summed E-state index contributed by atoms with van der Waals surface area (Å²) in [4.78, 5) is 6.14. The van der Waals surface area contributed by atoms with Gasteiger partial charge in [-0.3, -0.25) is 0 Å². The van der Waals surface area contributed by atoms with Gasteiger partial charge in [0.05, 0.1) is 11.6 Å². The van der Waals surface area contributed by atoms with Gasteiger partial charge in [-0.05, 0) is 82.8 Å². The zero-order valence-electron chi connectivity index (χ0n) is 16.2. The number of aromatic amines is 1. The highest BCUT2D eigenvalue weighted by molar-refractivity contribution is 5.85. The van der Waals surface area contributed by atoms with Crippen LogP contribution in [0.2, 0.25) is 0 Å². The molecule has 1 aromatic carbocycles. The van der Waals surface area contributed by atoms with Gasteiger partial charge in [0.2, 0.25) is 0 Å². The van der Waals surface area contributed by atoms with Gasteiger partial charge in [0.15, 0.2) is 0 Å². The predicted octanol–water partition coefficient (Wildman–Crippen LogP) is 5.50. The van der Waals surface area contributed by atoms with Crippen LogP contribution in [0.5, 0.6) is 0 Å². The molecule has 0 radical (unpaired) electrons. The molecule has 1 aliphatic rings. The standard InChI is InChI=1S/C22H31N3/c1-5-6-11-22(25(3)4)12-9-18(10-13-22)21-16(2)19-14-17(15-23)7-8-20(19)24-21/h7-8,14,18,24H,5-6,9-13H2,1-4H3. The SMILES string of the molecule is CCCCC1(N(C)C)CCC(c2[nH]c3ccc(C#N)cc3c2C)CC1. The lowest BCUT2D eigenvalue weighted by Crippen LogP contribution is -2.46. The minimum absolute atomic E-state index is 0.389. The number of nitrogens with zero attached hydrogens (tertiary/aromatic N) is 2. The van der Waals surface area contributed by atoms with Crippen LogP contribution in [0.1, 0.15) is 74.6 Å². The number of aryl methyl sites for hydroxylation is 1. The van der Waals surface area contributed by atoms with Crippen LogP contribution in [0, 0.1) is 18.3 Å². The Hall–Kier alpha value is -1.79. The maximum absolute atomic E-state index is 9.16. The van der Waals surface area contributed by atoms with Crippen molar-refractivity contribution >= 4 is 10.9 Å². The lowest BCUT2D eigenvalue weighted by atomic mass is 9.72. The van der Waals surface area contributed by atoms with Gasteiger partial charge < -0.3 is 9.88 Å². The molecule has 1 aromatic heterocycles. The first-order valence-corrected chi connectivity index (χ1v) is 9.70. The van der Waals surface area contributed by atoms with Gasteiger partial charge in [-0.15, -0.1) is 0 Å². The van der Waals surface area contributed by atoms with Crippen LogP contribution in [0.25, 0.3) is 10.9 Å². The third kappa shape index (κ3) is 3.33. The molecule has 3 nitrogen and oxygen atoms in total. The van der Waals surface area contributed by atoms with Gasteiger partial charge in [-0.2, -0.15) is 5.26 Å². The molecule has 134 valence electrons. The number of unbranched alkanes of at least 4 members (excludes halogenated alkanes) is 1. The van der Waals surface area contributed by atoms with Crippen LogP contribution < -0.4 is 0 Å². The fraction of sp³-hybridized carbons (Fsp3) is 0.591. The Morgan fingerprint density at radius 3 is 2.60 bits per heavy atom. The van der Waals surface area contributed by atoms with Crippen LogP contribution in [-0.2, 0) is 0 Å². The zero-order valence-corrected chi connectivity index (χ0v) is 16.2. The number of aromatic nitrogens is 1. The highest BCUT2D eigenvalue weighted by Crippen LogP contribution is 2.44. The fourth-order valence-corrected chi connectivity index (χ4v) is 4.70. The Morgan fingerprint density at radius 2 is 2.00 bits per heavy atom. The summed E-state index contributed by atoms with van der Waals surface area (Å²) in [5.41, 5.74) is 5.04. The Balaban J connectivity index is 1.82. The summed E-state index contributed by atoms with van der Waals surface area (Å²) in [6, 6.07) is 8.25. The number of rotatable bonds is 5. The van der Waals surface area contributed by atoms with E-state index in [1.807, 2.05) is 12.1 Å². The molecule has 0 spiro atoms. The smallest absolute Gasteiger partial charge is 0.0991 e. The quantitative estimate of drug-likeness (QED) is 0.783. The van der Waals surface area contributed by atoms with Gasteiger partial charge in [0.1, 0.15) is 0 Å². The molecule has 3 heteroatoms. The minimum atomic E-state index is 0.389. The number of fused-ring (bicyclic) bond motifs is 1. The average molecular weight is 338 g/mol. The molecular formula is C22H31N3. The Bertz CT molecular complexity index is 770. The molecule has 0 bridgehead atoms. The molecule has 0 unspecified atom stereocenters. The summed E-state index contributed by atoms with van der Waals surface area (Å²) in [7, 11) is 4.52. The zero-order chi connectivity index (χ0) is 18.0. The van der Waals surface area contributed by atoms with Gasteiger partial charge in [0.25, 0.3) is 0 Å². The molecule has 3 rings (SSSR count). The molecule has 1 N–H and O–H groups in total. The van der Waals surface area contributed by atoms with Crippen LogP contribution in [0.3, 0.4) is 0 Å². The van der Waals surface area contributed by atoms with Crippen LogP contribution in [0.4, 0.5) is 0 Å².